The molecule has 19 heavy (non-hydrogen) atoms. The zero-order valence-corrected chi connectivity index (χ0v) is 12.1. The Morgan fingerprint density at radius 3 is 2.68 bits per heavy atom. The Morgan fingerprint density at radius 2 is 2.21 bits per heavy atom. The quantitative estimate of drug-likeness (QED) is 0.808. The molecule has 106 valence electrons. The molecule has 0 bridgehead atoms. The predicted molar refractivity (Wildman–Crippen MR) is 75.3 cm³/mol. The van der Waals surface area contributed by atoms with Crippen molar-refractivity contribution >= 4 is 23.3 Å². The lowest BCUT2D eigenvalue weighted by molar-refractivity contribution is -0.139. The van der Waals surface area contributed by atoms with Gasteiger partial charge in [-0.25, -0.2) is 9.59 Å². The number of carbonyl (C=O) groups excluding carboxylic acids is 1. The molecule has 0 fully saturated rings. The molecule has 0 saturated carbocycles. The molecular weight excluding hydrogens is 264 g/mol. The number of aliphatic carboxylic acids is 1. The van der Waals surface area contributed by atoms with Crippen molar-refractivity contribution in [1.29, 1.82) is 0 Å². The summed E-state index contributed by atoms with van der Waals surface area (Å²) in [7, 11) is 0. The highest BCUT2D eigenvalue weighted by Gasteiger charge is 2.21. The van der Waals surface area contributed by atoms with E-state index in [1.807, 2.05) is 31.4 Å². The molecule has 0 radical (unpaired) electrons. The fraction of sp³-hybridized carbons (Fsp3) is 0.538. The number of hydrogen-bond acceptors (Lipinski definition) is 3. The van der Waals surface area contributed by atoms with E-state index in [4.69, 9.17) is 5.11 Å². The largest absolute Gasteiger partial charge is 0.480 e. The second-order valence-electron chi connectivity index (χ2n) is 4.22. The average Bonchev–Trinajstić information content (AvgIpc) is 2.87. The summed E-state index contributed by atoms with van der Waals surface area (Å²) < 4.78 is 0. The molecule has 1 aromatic rings. The maximum atomic E-state index is 12.0. The summed E-state index contributed by atoms with van der Waals surface area (Å²) in [6, 6.07) is 2.76. The highest BCUT2D eigenvalue weighted by molar-refractivity contribution is 7.09. The predicted octanol–water partition coefficient (Wildman–Crippen LogP) is 2.53. The van der Waals surface area contributed by atoms with Gasteiger partial charge in [0, 0.05) is 11.4 Å². The molecule has 1 atom stereocenters. The van der Waals surface area contributed by atoms with Gasteiger partial charge in [-0.2, -0.15) is 0 Å². The van der Waals surface area contributed by atoms with Gasteiger partial charge in [-0.1, -0.05) is 19.4 Å². The fourth-order valence-electron chi connectivity index (χ4n) is 1.70. The Labute approximate surface area is 117 Å². The Hall–Kier alpha value is -1.56. The van der Waals surface area contributed by atoms with Crippen LogP contribution < -0.4 is 5.32 Å². The first-order chi connectivity index (χ1) is 9.08. The van der Waals surface area contributed by atoms with Crippen molar-refractivity contribution in [3.8, 4) is 0 Å². The molecule has 1 heterocycles. The molecule has 0 aliphatic rings. The number of urea groups is 1. The lowest BCUT2D eigenvalue weighted by Crippen LogP contribution is -2.47. The minimum absolute atomic E-state index is 0.322. The SMILES string of the molecule is CCCC(NC(=O)N(CC)Cc1cccs1)C(=O)O. The van der Waals surface area contributed by atoms with Crippen molar-refractivity contribution in [2.75, 3.05) is 6.54 Å². The molecule has 0 aromatic carbocycles. The van der Waals surface area contributed by atoms with Gasteiger partial charge < -0.3 is 15.3 Å². The first-order valence-electron chi connectivity index (χ1n) is 6.39. The van der Waals surface area contributed by atoms with E-state index in [2.05, 4.69) is 5.32 Å². The van der Waals surface area contributed by atoms with Gasteiger partial charge >= 0.3 is 12.0 Å². The van der Waals surface area contributed by atoms with Crippen LogP contribution in [-0.4, -0.2) is 34.6 Å². The Balaban J connectivity index is 2.59. The zero-order valence-electron chi connectivity index (χ0n) is 11.3. The van der Waals surface area contributed by atoms with Crippen LogP contribution in [0.15, 0.2) is 17.5 Å². The fourth-order valence-corrected chi connectivity index (χ4v) is 2.42. The highest BCUT2D eigenvalue weighted by atomic mass is 32.1. The van der Waals surface area contributed by atoms with Crippen LogP contribution in [-0.2, 0) is 11.3 Å². The average molecular weight is 284 g/mol. The molecule has 1 rings (SSSR count). The minimum Gasteiger partial charge on any atom is -0.480 e. The van der Waals surface area contributed by atoms with Gasteiger partial charge in [0.1, 0.15) is 6.04 Å². The molecule has 1 unspecified atom stereocenters. The summed E-state index contributed by atoms with van der Waals surface area (Å²) >= 11 is 1.58. The second kappa shape index (κ2) is 7.78. The van der Waals surface area contributed by atoms with Crippen LogP contribution in [0.4, 0.5) is 4.79 Å². The number of amides is 2. The van der Waals surface area contributed by atoms with Crippen molar-refractivity contribution in [2.24, 2.45) is 0 Å². The van der Waals surface area contributed by atoms with Crippen LogP contribution in [0.1, 0.15) is 31.6 Å². The summed E-state index contributed by atoms with van der Waals surface area (Å²) in [6.07, 6.45) is 1.16. The zero-order chi connectivity index (χ0) is 14.3. The standard InChI is InChI=1S/C13H20N2O3S/c1-3-6-11(12(16)17)14-13(18)15(4-2)9-10-7-5-8-19-10/h5,7-8,11H,3-4,6,9H2,1-2H3,(H,14,18)(H,16,17). The van der Waals surface area contributed by atoms with Gasteiger partial charge in [0.05, 0.1) is 6.54 Å². The maximum absolute atomic E-state index is 12.0. The van der Waals surface area contributed by atoms with Gasteiger partial charge in [-0.15, -0.1) is 11.3 Å². The molecule has 6 heteroatoms. The van der Waals surface area contributed by atoms with Crippen LogP contribution in [0, 0.1) is 0 Å². The number of carboxylic acid groups (broad SMARTS) is 1. The summed E-state index contributed by atoms with van der Waals surface area (Å²) in [6.45, 7) is 4.83. The molecule has 0 aliphatic carbocycles. The minimum atomic E-state index is -0.984. The highest BCUT2D eigenvalue weighted by Crippen LogP contribution is 2.12. The first kappa shape index (κ1) is 15.5. The second-order valence-corrected chi connectivity index (χ2v) is 5.25. The summed E-state index contributed by atoms with van der Waals surface area (Å²) in [4.78, 5) is 25.8. The Bertz CT molecular complexity index is 406. The molecular formula is C13H20N2O3S. The van der Waals surface area contributed by atoms with E-state index in [9.17, 15) is 9.59 Å². The molecule has 2 amide bonds. The summed E-state index contributed by atoms with van der Waals surface area (Å²) in [5.74, 6) is -0.984. The van der Waals surface area contributed by atoms with Crippen LogP contribution in [0.3, 0.4) is 0 Å². The van der Waals surface area contributed by atoms with Crippen molar-refractivity contribution in [1.82, 2.24) is 10.2 Å². The topological polar surface area (TPSA) is 69.6 Å². The smallest absolute Gasteiger partial charge is 0.326 e. The maximum Gasteiger partial charge on any atom is 0.326 e. The van der Waals surface area contributed by atoms with Crippen molar-refractivity contribution < 1.29 is 14.7 Å². The van der Waals surface area contributed by atoms with Crippen LogP contribution in [0.2, 0.25) is 0 Å². The van der Waals surface area contributed by atoms with Crippen LogP contribution >= 0.6 is 11.3 Å². The molecule has 2 N–H and O–H groups in total. The summed E-state index contributed by atoms with van der Waals surface area (Å²) in [5.41, 5.74) is 0. The van der Waals surface area contributed by atoms with Gasteiger partial charge in [-0.05, 0) is 24.8 Å². The van der Waals surface area contributed by atoms with Crippen molar-refractivity contribution in [3.05, 3.63) is 22.4 Å². The van der Waals surface area contributed by atoms with Gasteiger partial charge in [-0.3, -0.25) is 0 Å². The van der Waals surface area contributed by atoms with Gasteiger partial charge in [0.2, 0.25) is 0 Å². The summed E-state index contributed by atoms with van der Waals surface area (Å²) in [5, 5.41) is 13.6. The van der Waals surface area contributed by atoms with Gasteiger partial charge in [0.25, 0.3) is 0 Å². The first-order valence-corrected chi connectivity index (χ1v) is 7.27. The number of carboxylic acids is 1. The number of nitrogens with one attached hydrogen (secondary N) is 1. The third-order valence-electron chi connectivity index (χ3n) is 2.77. The molecule has 5 nitrogen and oxygen atoms in total. The Morgan fingerprint density at radius 1 is 1.47 bits per heavy atom. The van der Waals surface area contributed by atoms with E-state index < -0.39 is 12.0 Å². The monoisotopic (exact) mass is 284 g/mol. The molecule has 1 aromatic heterocycles. The van der Waals surface area contributed by atoms with E-state index in [-0.39, 0.29) is 6.03 Å². The number of thiophene rings is 1. The normalized spacial score (nSPS) is 11.9. The van der Waals surface area contributed by atoms with E-state index in [0.717, 1.165) is 4.88 Å². The third kappa shape index (κ3) is 4.90. The molecule has 0 spiro atoms. The van der Waals surface area contributed by atoms with Crippen molar-refractivity contribution in [3.63, 3.8) is 0 Å². The number of rotatable bonds is 7. The lowest BCUT2D eigenvalue weighted by Gasteiger charge is -2.23. The van der Waals surface area contributed by atoms with E-state index in [0.29, 0.717) is 25.9 Å². The number of carbonyl (C=O) groups is 2. The molecule has 0 aliphatic heterocycles. The van der Waals surface area contributed by atoms with Crippen LogP contribution in [0.5, 0.6) is 0 Å². The van der Waals surface area contributed by atoms with E-state index in [1.54, 1.807) is 16.2 Å². The van der Waals surface area contributed by atoms with Crippen molar-refractivity contribution in [2.45, 2.75) is 39.3 Å². The number of nitrogens with zero attached hydrogens (tertiary/aromatic N) is 1. The van der Waals surface area contributed by atoms with E-state index >= 15 is 0 Å². The lowest BCUT2D eigenvalue weighted by atomic mass is 10.2. The number of hydrogen-bond donors (Lipinski definition) is 2. The van der Waals surface area contributed by atoms with Gasteiger partial charge in [0.15, 0.2) is 0 Å². The van der Waals surface area contributed by atoms with E-state index in [1.165, 1.54) is 0 Å². The van der Waals surface area contributed by atoms with Crippen LogP contribution in [0.25, 0.3) is 0 Å². The third-order valence-corrected chi connectivity index (χ3v) is 3.63. The Kier molecular flexibility index (Phi) is 6.35. The molecule has 0 saturated heterocycles.